The number of hydrogen-bond donors (Lipinski definition) is 0. The van der Waals surface area contributed by atoms with Crippen molar-refractivity contribution >= 4 is 49.8 Å². The average molecular weight is 778 g/mol. The Bertz CT molecular complexity index is 3350. The van der Waals surface area contributed by atoms with Crippen molar-refractivity contribution in [2.24, 2.45) is 0 Å². The molecule has 1 aromatic heterocycles. The summed E-state index contributed by atoms with van der Waals surface area (Å²) in [5.41, 5.74) is 16.4. The van der Waals surface area contributed by atoms with Crippen molar-refractivity contribution in [3.05, 3.63) is 259 Å². The maximum atomic E-state index is 7.08. The molecule has 2 heteroatoms. The molecule has 11 aromatic rings. The summed E-state index contributed by atoms with van der Waals surface area (Å²) in [7, 11) is 0. The quantitative estimate of drug-likeness (QED) is 0.160. The van der Waals surface area contributed by atoms with Crippen LogP contribution in [0.2, 0.25) is 0 Å². The lowest BCUT2D eigenvalue weighted by Gasteiger charge is -2.35. The minimum absolute atomic E-state index is 0.548. The maximum Gasteiger partial charge on any atom is 0.159 e. The molecular weight excluding hydrogens is 739 g/mol. The lowest BCUT2D eigenvalue weighted by Crippen LogP contribution is -2.28. The maximum absolute atomic E-state index is 7.08. The second-order valence-corrected chi connectivity index (χ2v) is 16.0. The lowest BCUT2D eigenvalue weighted by atomic mass is 9.67. The van der Waals surface area contributed by atoms with Crippen molar-refractivity contribution in [3.8, 4) is 33.4 Å². The summed E-state index contributed by atoms with van der Waals surface area (Å²) >= 11 is 0. The Kier molecular flexibility index (Phi) is 8.11. The van der Waals surface area contributed by atoms with E-state index in [-0.39, 0.29) is 0 Å². The fraction of sp³-hybridized carbons (Fsp3) is 0.0169. The van der Waals surface area contributed by atoms with Gasteiger partial charge in [-0.05, 0) is 115 Å². The van der Waals surface area contributed by atoms with Gasteiger partial charge in [0.2, 0.25) is 0 Å². The molecular formula is C59H39NO. The molecule has 1 aliphatic rings. The van der Waals surface area contributed by atoms with Gasteiger partial charge in [0.1, 0.15) is 5.58 Å². The molecule has 0 amide bonds. The van der Waals surface area contributed by atoms with Gasteiger partial charge in [0.15, 0.2) is 5.58 Å². The first-order valence-corrected chi connectivity index (χ1v) is 21.0. The van der Waals surface area contributed by atoms with E-state index in [1.54, 1.807) is 0 Å². The standard InChI is InChI=1S/C59H39NO/c1-5-17-40(18-6-1)42-29-31-48(32-30-42)60(56-37-45(41-19-7-2-8-20-41)36-53-52-35-43-21-13-14-22-44(43)38-57(52)61-58(53)56)49-33-34-51-50-27-15-16-28-54(50)59(55(51)39-49,46-23-9-3-10-24-46)47-25-11-4-12-26-47/h1-39H. The predicted molar refractivity (Wildman–Crippen MR) is 254 cm³/mol. The van der Waals surface area contributed by atoms with Gasteiger partial charge in [-0.15, -0.1) is 0 Å². The Balaban J connectivity index is 1.17. The van der Waals surface area contributed by atoms with E-state index in [1.165, 1.54) is 49.9 Å². The fourth-order valence-corrected chi connectivity index (χ4v) is 9.94. The van der Waals surface area contributed by atoms with E-state index >= 15 is 0 Å². The zero-order valence-electron chi connectivity index (χ0n) is 33.4. The van der Waals surface area contributed by atoms with Gasteiger partial charge in [0, 0.05) is 22.1 Å². The SMILES string of the molecule is c1ccc(-c2ccc(N(c3ccc4c(c3)C(c3ccccc3)(c3ccccc3)c3ccccc3-4)c3cc(-c4ccccc4)cc4c3oc3cc5ccccc5cc34)cc2)cc1. The Morgan fingerprint density at radius 2 is 0.869 bits per heavy atom. The van der Waals surface area contributed by atoms with Crippen LogP contribution in [0.25, 0.3) is 66.1 Å². The van der Waals surface area contributed by atoms with Crippen LogP contribution in [0.15, 0.2) is 241 Å². The van der Waals surface area contributed by atoms with Crippen LogP contribution in [-0.2, 0) is 5.41 Å². The van der Waals surface area contributed by atoms with Gasteiger partial charge in [0.25, 0.3) is 0 Å². The summed E-state index contributed by atoms with van der Waals surface area (Å²) in [5, 5.41) is 4.53. The molecule has 0 aliphatic heterocycles. The van der Waals surface area contributed by atoms with Crippen molar-refractivity contribution in [3.63, 3.8) is 0 Å². The largest absolute Gasteiger partial charge is 0.454 e. The Morgan fingerprint density at radius 1 is 0.344 bits per heavy atom. The zero-order chi connectivity index (χ0) is 40.3. The molecule has 0 saturated heterocycles. The van der Waals surface area contributed by atoms with Gasteiger partial charge in [-0.2, -0.15) is 0 Å². The van der Waals surface area contributed by atoms with E-state index in [4.69, 9.17) is 4.42 Å². The third kappa shape index (κ3) is 5.57. The third-order valence-electron chi connectivity index (χ3n) is 12.7. The van der Waals surface area contributed by atoms with Gasteiger partial charge >= 0.3 is 0 Å². The molecule has 0 fully saturated rings. The van der Waals surface area contributed by atoms with Crippen LogP contribution in [0.1, 0.15) is 22.3 Å². The summed E-state index contributed by atoms with van der Waals surface area (Å²) in [4.78, 5) is 2.41. The highest BCUT2D eigenvalue weighted by Crippen LogP contribution is 2.57. The summed E-state index contributed by atoms with van der Waals surface area (Å²) in [6, 6.07) is 86.0. The molecule has 0 unspecified atom stereocenters. The van der Waals surface area contributed by atoms with E-state index in [0.717, 1.165) is 55.5 Å². The highest BCUT2D eigenvalue weighted by atomic mass is 16.3. The first kappa shape index (κ1) is 35.0. The normalized spacial score (nSPS) is 12.7. The number of rotatable bonds is 7. The van der Waals surface area contributed by atoms with Crippen LogP contribution >= 0.6 is 0 Å². The van der Waals surface area contributed by atoms with Crippen LogP contribution in [0.4, 0.5) is 17.1 Å². The van der Waals surface area contributed by atoms with E-state index in [2.05, 4.69) is 241 Å². The molecule has 0 spiro atoms. The van der Waals surface area contributed by atoms with Crippen LogP contribution < -0.4 is 4.90 Å². The average Bonchev–Trinajstić information content (AvgIpc) is 3.85. The van der Waals surface area contributed by atoms with Gasteiger partial charge in [-0.25, -0.2) is 0 Å². The number of hydrogen-bond acceptors (Lipinski definition) is 2. The first-order valence-electron chi connectivity index (χ1n) is 21.0. The monoisotopic (exact) mass is 777 g/mol. The van der Waals surface area contributed by atoms with Gasteiger partial charge < -0.3 is 9.32 Å². The van der Waals surface area contributed by atoms with Crippen molar-refractivity contribution < 1.29 is 4.42 Å². The summed E-state index contributed by atoms with van der Waals surface area (Å²) < 4.78 is 7.08. The molecule has 286 valence electrons. The number of nitrogens with zero attached hydrogens (tertiary/aromatic N) is 1. The second kappa shape index (κ2) is 14.1. The van der Waals surface area contributed by atoms with Gasteiger partial charge in [-0.1, -0.05) is 188 Å². The smallest absolute Gasteiger partial charge is 0.159 e. The molecule has 0 atom stereocenters. The second-order valence-electron chi connectivity index (χ2n) is 16.0. The topological polar surface area (TPSA) is 16.4 Å². The molecule has 12 rings (SSSR count). The number of fused-ring (bicyclic) bond motifs is 7. The van der Waals surface area contributed by atoms with Crippen LogP contribution in [0, 0.1) is 0 Å². The highest BCUT2D eigenvalue weighted by Gasteiger charge is 2.46. The number of furan rings is 1. The summed E-state index contributed by atoms with van der Waals surface area (Å²) in [6.07, 6.45) is 0. The molecule has 0 N–H and O–H groups in total. The lowest BCUT2D eigenvalue weighted by molar-refractivity contribution is 0.669. The van der Waals surface area contributed by atoms with Crippen molar-refractivity contribution in [2.75, 3.05) is 4.90 Å². The molecule has 10 aromatic carbocycles. The van der Waals surface area contributed by atoms with E-state index in [1.807, 2.05) is 0 Å². The molecule has 1 aliphatic carbocycles. The van der Waals surface area contributed by atoms with Crippen LogP contribution in [0.5, 0.6) is 0 Å². The zero-order valence-corrected chi connectivity index (χ0v) is 33.4. The molecule has 2 nitrogen and oxygen atoms in total. The van der Waals surface area contributed by atoms with E-state index in [9.17, 15) is 0 Å². The van der Waals surface area contributed by atoms with Gasteiger partial charge in [-0.3, -0.25) is 0 Å². The molecule has 0 bridgehead atoms. The molecule has 0 radical (unpaired) electrons. The Hall–Kier alpha value is -7.94. The fourth-order valence-electron chi connectivity index (χ4n) is 9.94. The summed E-state index contributed by atoms with van der Waals surface area (Å²) in [5.74, 6) is 0. The molecule has 0 saturated carbocycles. The first-order chi connectivity index (χ1) is 30.2. The van der Waals surface area contributed by atoms with Crippen molar-refractivity contribution in [1.29, 1.82) is 0 Å². The Morgan fingerprint density at radius 3 is 1.54 bits per heavy atom. The highest BCUT2D eigenvalue weighted by molar-refractivity contribution is 6.15. The van der Waals surface area contributed by atoms with Gasteiger partial charge in [0.05, 0.1) is 11.1 Å². The molecule has 1 heterocycles. The molecule has 61 heavy (non-hydrogen) atoms. The predicted octanol–water partition coefficient (Wildman–Crippen LogP) is 15.9. The van der Waals surface area contributed by atoms with Crippen molar-refractivity contribution in [1.82, 2.24) is 0 Å². The van der Waals surface area contributed by atoms with Crippen molar-refractivity contribution in [2.45, 2.75) is 5.41 Å². The van der Waals surface area contributed by atoms with Crippen LogP contribution in [0.3, 0.4) is 0 Å². The van der Waals surface area contributed by atoms with E-state index in [0.29, 0.717) is 0 Å². The minimum Gasteiger partial charge on any atom is -0.454 e. The number of benzene rings is 10. The minimum atomic E-state index is -0.548. The number of anilines is 3. The third-order valence-corrected chi connectivity index (χ3v) is 12.7. The van der Waals surface area contributed by atoms with E-state index < -0.39 is 5.41 Å². The Labute approximate surface area is 355 Å². The van der Waals surface area contributed by atoms with Crippen LogP contribution in [-0.4, -0.2) is 0 Å². The summed E-state index contributed by atoms with van der Waals surface area (Å²) in [6.45, 7) is 0.